The van der Waals surface area contributed by atoms with Gasteiger partial charge in [0.25, 0.3) is 0 Å². The zero-order valence-electron chi connectivity index (χ0n) is 10.2. The Morgan fingerprint density at radius 2 is 2.33 bits per heavy atom. The monoisotopic (exact) mass is 313 g/mol. The maximum absolute atomic E-state index is 13.1. The van der Waals surface area contributed by atoms with Gasteiger partial charge in [-0.15, -0.1) is 0 Å². The van der Waals surface area contributed by atoms with Crippen molar-refractivity contribution < 1.29 is 9.18 Å². The lowest BCUT2D eigenvalue weighted by molar-refractivity contribution is -0.131. The summed E-state index contributed by atoms with van der Waals surface area (Å²) < 4.78 is 13.1. The van der Waals surface area contributed by atoms with Crippen LogP contribution in [0, 0.1) is 5.82 Å². The zero-order chi connectivity index (χ0) is 13.0. The fourth-order valence-corrected chi connectivity index (χ4v) is 3.04. The third kappa shape index (κ3) is 3.31. The second-order valence-electron chi connectivity index (χ2n) is 4.67. The van der Waals surface area contributed by atoms with Crippen molar-refractivity contribution in [1.29, 1.82) is 0 Å². The van der Waals surface area contributed by atoms with E-state index in [1.54, 1.807) is 12.1 Å². The molecule has 1 heterocycles. The Bertz CT molecular complexity index is 424. The highest BCUT2D eigenvalue weighted by molar-refractivity contribution is 9.09. The maximum atomic E-state index is 13.1. The van der Waals surface area contributed by atoms with Gasteiger partial charge in [0.1, 0.15) is 5.82 Å². The lowest BCUT2D eigenvalue weighted by atomic mass is 10.1. The Morgan fingerprint density at radius 1 is 1.50 bits per heavy atom. The molecule has 0 spiro atoms. The fourth-order valence-electron chi connectivity index (χ4n) is 2.51. The van der Waals surface area contributed by atoms with Crippen LogP contribution >= 0.6 is 15.9 Å². The third-order valence-corrected chi connectivity index (χ3v) is 3.84. The van der Waals surface area contributed by atoms with Gasteiger partial charge in [-0.1, -0.05) is 28.1 Å². The standard InChI is InChI=1S/C14H17BrFNO/c15-7-6-13-5-2-8-17(13)14(18)10-11-3-1-4-12(16)9-11/h1,3-4,9,13H,2,5-8,10H2. The minimum atomic E-state index is -0.279. The summed E-state index contributed by atoms with van der Waals surface area (Å²) in [5.41, 5.74) is 0.754. The molecule has 0 bridgehead atoms. The van der Waals surface area contributed by atoms with Crippen LogP contribution in [0.5, 0.6) is 0 Å². The first-order valence-corrected chi connectivity index (χ1v) is 7.42. The van der Waals surface area contributed by atoms with E-state index in [9.17, 15) is 9.18 Å². The van der Waals surface area contributed by atoms with Gasteiger partial charge in [0, 0.05) is 17.9 Å². The molecule has 1 aliphatic heterocycles. The van der Waals surface area contributed by atoms with Crippen molar-refractivity contribution in [2.24, 2.45) is 0 Å². The van der Waals surface area contributed by atoms with E-state index in [1.807, 2.05) is 4.90 Å². The van der Waals surface area contributed by atoms with Crippen molar-refractivity contribution in [3.63, 3.8) is 0 Å². The summed E-state index contributed by atoms with van der Waals surface area (Å²) in [6.07, 6.45) is 3.46. The molecule has 2 nitrogen and oxygen atoms in total. The maximum Gasteiger partial charge on any atom is 0.227 e. The smallest absolute Gasteiger partial charge is 0.227 e. The van der Waals surface area contributed by atoms with Gasteiger partial charge in [0.05, 0.1) is 6.42 Å². The van der Waals surface area contributed by atoms with Gasteiger partial charge < -0.3 is 4.90 Å². The van der Waals surface area contributed by atoms with E-state index in [0.29, 0.717) is 12.5 Å². The van der Waals surface area contributed by atoms with E-state index in [-0.39, 0.29) is 11.7 Å². The van der Waals surface area contributed by atoms with Crippen molar-refractivity contribution in [2.45, 2.75) is 31.7 Å². The first kappa shape index (κ1) is 13.5. The second-order valence-corrected chi connectivity index (χ2v) is 5.46. The molecule has 1 aromatic rings. The minimum absolute atomic E-state index is 0.115. The molecule has 1 amide bonds. The quantitative estimate of drug-likeness (QED) is 0.782. The molecular formula is C14H17BrFNO. The second kappa shape index (κ2) is 6.32. The Morgan fingerprint density at radius 3 is 3.06 bits per heavy atom. The first-order valence-electron chi connectivity index (χ1n) is 6.30. The van der Waals surface area contributed by atoms with Crippen LogP contribution in [0.25, 0.3) is 0 Å². The van der Waals surface area contributed by atoms with Gasteiger partial charge in [0.15, 0.2) is 0 Å². The summed E-state index contributed by atoms with van der Waals surface area (Å²) in [6, 6.07) is 6.64. The molecule has 98 valence electrons. The van der Waals surface area contributed by atoms with E-state index < -0.39 is 0 Å². The van der Waals surface area contributed by atoms with Crippen LogP contribution in [-0.4, -0.2) is 28.7 Å². The SMILES string of the molecule is O=C(Cc1cccc(F)c1)N1CCCC1CCBr. The van der Waals surface area contributed by atoms with Crippen LogP contribution in [0.4, 0.5) is 4.39 Å². The van der Waals surface area contributed by atoms with Crippen LogP contribution in [0.3, 0.4) is 0 Å². The lowest BCUT2D eigenvalue weighted by Crippen LogP contribution is -2.36. The molecule has 1 saturated heterocycles. The number of halogens is 2. The fraction of sp³-hybridized carbons (Fsp3) is 0.500. The van der Waals surface area contributed by atoms with Crippen LogP contribution in [0.15, 0.2) is 24.3 Å². The zero-order valence-corrected chi connectivity index (χ0v) is 11.8. The molecule has 0 N–H and O–H groups in total. The summed E-state index contributed by atoms with van der Waals surface area (Å²) in [7, 11) is 0. The number of hydrogen-bond donors (Lipinski definition) is 0. The number of hydrogen-bond acceptors (Lipinski definition) is 1. The van der Waals surface area contributed by atoms with E-state index in [4.69, 9.17) is 0 Å². The van der Waals surface area contributed by atoms with Crippen LogP contribution in [0.2, 0.25) is 0 Å². The molecule has 1 fully saturated rings. The molecule has 4 heteroatoms. The van der Waals surface area contributed by atoms with Gasteiger partial charge in [0.2, 0.25) is 5.91 Å². The van der Waals surface area contributed by atoms with Gasteiger partial charge >= 0.3 is 0 Å². The van der Waals surface area contributed by atoms with E-state index >= 15 is 0 Å². The van der Waals surface area contributed by atoms with E-state index in [0.717, 1.165) is 36.7 Å². The van der Waals surface area contributed by atoms with Crippen molar-refractivity contribution in [3.05, 3.63) is 35.6 Å². The molecule has 0 aliphatic carbocycles. The van der Waals surface area contributed by atoms with Gasteiger partial charge in [-0.25, -0.2) is 4.39 Å². The largest absolute Gasteiger partial charge is 0.339 e. The Kier molecular flexibility index (Phi) is 4.75. The molecular weight excluding hydrogens is 297 g/mol. The predicted octanol–water partition coefficient (Wildman–Crippen LogP) is 3.14. The number of benzene rings is 1. The molecule has 1 aliphatic rings. The number of amides is 1. The Balaban J connectivity index is 1.99. The van der Waals surface area contributed by atoms with E-state index in [2.05, 4.69) is 15.9 Å². The van der Waals surface area contributed by atoms with E-state index in [1.165, 1.54) is 12.1 Å². The topological polar surface area (TPSA) is 20.3 Å². The molecule has 1 unspecified atom stereocenters. The summed E-state index contributed by atoms with van der Waals surface area (Å²) >= 11 is 3.42. The van der Waals surface area contributed by atoms with Crippen LogP contribution < -0.4 is 0 Å². The van der Waals surface area contributed by atoms with Crippen molar-refractivity contribution in [1.82, 2.24) is 4.90 Å². The average Bonchev–Trinajstić information content (AvgIpc) is 2.78. The molecule has 0 saturated carbocycles. The minimum Gasteiger partial charge on any atom is -0.339 e. The van der Waals surface area contributed by atoms with Crippen LogP contribution in [-0.2, 0) is 11.2 Å². The number of likely N-dealkylation sites (tertiary alicyclic amines) is 1. The van der Waals surface area contributed by atoms with Crippen molar-refractivity contribution >= 4 is 21.8 Å². The van der Waals surface area contributed by atoms with Crippen molar-refractivity contribution in [2.75, 3.05) is 11.9 Å². The number of alkyl halides is 1. The highest BCUT2D eigenvalue weighted by atomic mass is 79.9. The third-order valence-electron chi connectivity index (χ3n) is 3.38. The average molecular weight is 314 g/mol. The molecule has 0 aromatic heterocycles. The summed E-state index contributed by atoms with van der Waals surface area (Å²) in [5.74, 6) is -0.164. The number of rotatable bonds is 4. The molecule has 18 heavy (non-hydrogen) atoms. The molecule has 1 aromatic carbocycles. The normalized spacial score (nSPS) is 19.2. The Hall–Kier alpha value is -0.900. The highest BCUT2D eigenvalue weighted by Crippen LogP contribution is 2.22. The van der Waals surface area contributed by atoms with Crippen LogP contribution in [0.1, 0.15) is 24.8 Å². The first-order chi connectivity index (χ1) is 8.70. The number of carbonyl (C=O) groups is 1. The predicted molar refractivity (Wildman–Crippen MR) is 73.3 cm³/mol. The molecule has 0 radical (unpaired) electrons. The van der Waals surface area contributed by atoms with Gasteiger partial charge in [-0.2, -0.15) is 0 Å². The molecule has 2 rings (SSSR count). The molecule has 1 atom stereocenters. The summed E-state index contributed by atoms with van der Waals surface area (Å²) in [5, 5.41) is 0.918. The summed E-state index contributed by atoms with van der Waals surface area (Å²) in [4.78, 5) is 14.1. The lowest BCUT2D eigenvalue weighted by Gasteiger charge is -2.24. The van der Waals surface area contributed by atoms with Gasteiger partial charge in [-0.3, -0.25) is 4.79 Å². The number of nitrogens with zero attached hydrogens (tertiary/aromatic N) is 1. The van der Waals surface area contributed by atoms with Gasteiger partial charge in [-0.05, 0) is 37.0 Å². The summed E-state index contributed by atoms with van der Waals surface area (Å²) in [6.45, 7) is 0.839. The Labute approximate surface area is 115 Å². The highest BCUT2D eigenvalue weighted by Gasteiger charge is 2.27. The van der Waals surface area contributed by atoms with Crippen molar-refractivity contribution in [3.8, 4) is 0 Å². The number of carbonyl (C=O) groups excluding carboxylic acids is 1.